The van der Waals surface area contributed by atoms with Crippen LogP contribution in [0, 0.1) is 6.92 Å². The average molecular weight is 241 g/mol. The molecule has 1 aromatic carbocycles. The van der Waals surface area contributed by atoms with Gasteiger partial charge in [0.15, 0.2) is 0 Å². The molecule has 1 aliphatic heterocycles. The monoisotopic (exact) mass is 240 g/mol. The van der Waals surface area contributed by atoms with E-state index in [0.29, 0.717) is 6.04 Å². The van der Waals surface area contributed by atoms with E-state index in [1.54, 1.807) is 0 Å². The van der Waals surface area contributed by atoms with Crippen molar-refractivity contribution < 1.29 is 0 Å². The van der Waals surface area contributed by atoms with E-state index in [1.807, 2.05) is 0 Å². The summed E-state index contributed by atoms with van der Waals surface area (Å²) < 4.78 is 0. The van der Waals surface area contributed by atoms with Gasteiger partial charge in [-0.15, -0.1) is 12.4 Å². The maximum absolute atomic E-state index is 3.42. The Hall–Kier alpha value is -0.570. The molecule has 0 spiro atoms. The zero-order valence-corrected chi connectivity index (χ0v) is 10.9. The second-order valence-corrected chi connectivity index (χ2v) is 4.51. The van der Waals surface area contributed by atoms with E-state index in [1.165, 1.54) is 11.1 Å². The Balaban J connectivity index is 0.00000128. The number of nitrogens with one attached hydrogen (secondary N) is 1. The molecule has 0 saturated carbocycles. The Morgan fingerprint density at radius 2 is 2.00 bits per heavy atom. The van der Waals surface area contributed by atoms with Crippen LogP contribution in [-0.2, 0) is 6.54 Å². The zero-order valence-electron chi connectivity index (χ0n) is 10.1. The van der Waals surface area contributed by atoms with Crippen molar-refractivity contribution in [3.8, 4) is 0 Å². The molecule has 2 nitrogen and oxygen atoms in total. The Kier molecular flexibility index (Phi) is 5.26. The molecule has 90 valence electrons. The van der Waals surface area contributed by atoms with E-state index < -0.39 is 0 Å². The normalized spacial score (nSPS) is 21.5. The quantitative estimate of drug-likeness (QED) is 0.853. The topological polar surface area (TPSA) is 15.3 Å². The van der Waals surface area contributed by atoms with Crippen molar-refractivity contribution in [3.63, 3.8) is 0 Å². The first-order valence-corrected chi connectivity index (χ1v) is 5.76. The van der Waals surface area contributed by atoms with Crippen molar-refractivity contribution in [3.05, 3.63) is 35.4 Å². The largest absolute Gasteiger partial charge is 0.314 e. The zero-order chi connectivity index (χ0) is 10.7. The number of nitrogens with zero attached hydrogens (tertiary/aromatic N) is 1. The van der Waals surface area contributed by atoms with Crippen LogP contribution in [0.1, 0.15) is 18.1 Å². The Labute approximate surface area is 104 Å². The molecule has 3 heteroatoms. The molecule has 1 atom stereocenters. The number of benzene rings is 1. The molecular weight excluding hydrogens is 220 g/mol. The molecule has 1 N–H and O–H groups in total. The summed E-state index contributed by atoms with van der Waals surface area (Å²) in [4.78, 5) is 2.54. The van der Waals surface area contributed by atoms with Crippen LogP contribution < -0.4 is 5.32 Å². The number of hydrogen-bond acceptors (Lipinski definition) is 2. The predicted molar refractivity (Wildman–Crippen MR) is 71.2 cm³/mol. The maximum atomic E-state index is 3.42. The lowest BCUT2D eigenvalue weighted by Crippen LogP contribution is -2.49. The van der Waals surface area contributed by atoms with Gasteiger partial charge in [0, 0.05) is 32.2 Å². The third-order valence-electron chi connectivity index (χ3n) is 3.15. The van der Waals surface area contributed by atoms with E-state index >= 15 is 0 Å². The second-order valence-electron chi connectivity index (χ2n) is 4.51. The van der Waals surface area contributed by atoms with Crippen LogP contribution in [0.25, 0.3) is 0 Å². The minimum Gasteiger partial charge on any atom is -0.314 e. The number of piperazine rings is 1. The van der Waals surface area contributed by atoms with Gasteiger partial charge in [-0.2, -0.15) is 0 Å². The van der Waals surface area contributed by atoms with E-state index in [0.717, 1.165) is 26.2 Å². The fourth-order valence-corrected chi connectivity index (χ4v) is 2.05. The van der Waals surface area contributed by atoms with Gasteiger partial charge in [0.05, 0.1) is 0 Å². The van der Waals surface area contributed by atoms with Crippen molar-refractivity contribution in [1.29, 1.82) is 0 Å². The van der Waals surface area contributed by atoms with Gasteiger partial charge in [-0.1, -0.05) is 29.8 Å². The van der Waals surface area contributed by atoms with Crippen LogP contribution in [0.4, 0.5) is 0 Å². The molecule has 0 radical (unpaired) electrons. The highest BCUT2D eigenvalue weighted by Crippen LogP contribution is 2.10. The fraction of sp³-hybridized carbons (Fsp3) is 0.538. The molecular formula is C13H21ClN2. The Morgan fingerprint density at radius 1 is 1.31 bits per heavy atom. The fourth-order valence-electron chi connectivity index (χ4n) is 2.05. The second kappa shape index (κ2) is 6.24. The molecule has 0 amide bonds. The summed E-state index contributed by atoms with van der Waals surface area (Å²) >= 11 is 0. The van der Waals surface area contributed by atoms with Gasteiger partial charge in [-0.25, -0.2) is 0 Å². The van der Waals surface area contributed by atoms with Crippen molar-refractivity contribution in [2.75, 3.05) is 19.6 Å². The lowest BCUT2D eigenvalue weighted by molar-refractivity contribution is 0.165. The summed E-state index contributed by atoms with van der Waals surface area (Å²) in [6, 6.07) is 9.53. The third-order valence-corrected chi connectivity index (χ3v) is 3.15. The van der Waals surface area contributed by atoms with Crippen LogP contribution in [0.2, 0.25) is 0 Å². The van der Waals surface area contributed by atoms with Crippen LogP contribution >= 0.6 is 12.4 Å². The van der Waals surface area contributed by atoms with Crippen molar-refractivity contribution in [1.82, 2.24) is 10.2 Å². The van der Waals surface area contributed by atoms with Gasteiger partial charge in [-0.3, -0.25) is 4.90 Å². The van der Waals surface area contributed by atoms with Crippen molar-refractivity contribution in [2.45, 2.75) is 26.4 Å². The summed E-state index contributed by atoms with van der Waals surface area (Å²) in [5.74, 6) is 0. The van der Waals surface area contributed by atoms with Crippen LogP contribution in [-0.4, -0.2) is 30.6 Å². The highest BCUT2D eigenvalue weighted by molar-refractivity contribution is 5.85. The average Bonchev–Trinajstić information content (AvgIpc) is 2.25. The first-order valence-electron chi connectivity index (χ1n) is 5.76. The number of hydrogen-bond donors (Lipinski definition) is 1. The van der Waals surface area contributed by atoms with E-state index in [9.17, 15) is 0 Å². The molecule has 0 bridgehead atoms. The van der Waals surface area contributed by atoms with Gasteiger partial charge in [0.1, 0.15) is 0 Å². The van der Waals surface area contributed by atoms with Crippen molar-refractivity contribution in [2.24, 2.45) is 0 Å². The van der Waals surface area contributed by atoms with E-state index in [4.69, 9.17) is 0 Å². The summed E-state index contributed by atoms with van der Waals surface area (Å²) in [6.07, 6.45) is 0. The molecule has 0 aromatic heterocycles. The Morgan fingerprint density at radius 3 is 2.62 bits per heavy atom. The van der Waals surface area contributed by atoms with Crippen LogP contribution in [0.3, 0.4) is 0 Å². The maximum Gasteiger partial charge on any atom is 0.0237 e. The standard InChI is InChI=1S/C13H20N2.ClH/c1-11-3-5-13(6-4-11)10-15-8-7-14-9-12(15)2;/h3-6,12,14H,7-10H2,1-2H3;1H/t12-;/m0./s1. The summed E-state index contributed by atoms with van der Waals surface area (Å²) in [5, 5.41) is 3.42. The smallest absolute Gasteiger partial charge is 0.0237 e. The molecule has 1 saturated heterocycles. The lowest BCUT2D eigenvalue weighted by Gasteiger charge is -2.33. The third kappa shape index (κ3) is 3.48. The van der Waals surface area contributed by atoms with Gasteiger partial charge in [0.2, 0.25) is 0 Å². The molecule has 1 heterocycles. The minimum absolute atomic E-state index is 0. The molecule has 0 unspecified atom stereocenters. The molecule has 16 heavy (non-hydrogen) atoms. The SMILES string of the molecule is Cc1ccc(CN2CCNC[C@@H]2C)cc1.Cl. The molecule has 1 aliphatic rings. The number of halogens is 1. The highest BCUT2D eigenvalue weighted by Gasteiger charge is 2.17. The summed E-state index contributed by atoms with van der Waals surface area (Å²) in [5.41, 5.74) is 2.77. The molecule has 1 aromatic rings. The minimum atomic E-state index is 0. The first-order chi connectivity index (χ1) is 7.25. The van der Waals surface area contributed by atoms with E-state index in [2.05, 4.69) is 48.3 Å². The number of rotatable bonds is 2. The van der Waals surface area contributed by atoms with Crippen molar-refractivity contribution >= 4 is 12.4 Å². The van der Waals surface area contributed by atoms with Gasteiger partial charge in [0.25, 0.3) is 0 Å². The van der Waals surface area contributed by atoms with Crippen LogP contribution in [0.5, 0.6) is 0 Å². The summed E-state index contributed by atoms with van der Waals surface area (Å²) in [6.45, 7) is 8.91. The number of aryl methyl sites for hydroxylation is 1. The Bertz CT molecular complexity index is 310. The van der Waals surface area contributed by atoms with E-state index in [-0.39, 0.29) is 12.4 Å². The predicted octanol–water partition coefficient (Wildman–Crippen LogP) is 2.21. The van der Waals surface area contributed by atoms with Gasteiger partial charge < -0.3 is 5.32 Å². The van der Waals surface area contributed by atoms with Crippen LogP contribution in [0.15, 0.2) is 24.3 Å². The molecule has 0 aliphatic carbocycles. The molecule has 2 rings (SSSR count). The highest BCUT2D eigenvalue weighted by atomic mass is 35.5. The van der Waals surface area contributed by atoms with Gasteiger partial charge in [-0.05, 0) is 19.4 Å². The summed E-state index contributed by atoms with van der Waals surface area (Å²) in [7, 11) is 0. The lowest BCUT2D eigenvalue weighted by atomic mass is 10.1. The first kappa shape index (κ1) is 13.5. The van der Waals surface area contributed by atoms with Gasteiger partial charge >= 0.3 is 0 Å². The molecule has 1 fully saturated rings.